The van der Waals surface area contributed by atoms with E-state index >= 15 is 4.39 Å². The van der Waals surface area contributed by atoms with Gasteiger partial charge in [-0.05, 0) is 48.4 Å². The van der Waals surface area contributed by atoms with Gasteiger partial charge in [0.05, 0.1) is 18.9 Å². The van der Waals surface area contributed by atoms with Crippen LogP contribution >= 0.6 is 0 Å². The lowest BCUT2D eigenvalue weighted by atomic mass is 9.97. The largest absolute Gasteiger partial charge is 0.494 e. The topological polar surface area (TPSA) is 75.6 Å². The summed E-state index contributed by atoms with van der Waals surface area (Å²) in [5.74, 6) is -0.278. The van der Waals surface area contributed by atoms with E-state index in [4.69, 9.17) is 4.74 Å². The Kier molecular flexibility index (Phi) is 3.71. The fourth-order valence-corrected chi connectivity index (χ4v) is 4.25. The summed E-state index contributed by atoms with van der Waals surface area (Å²) in [6.07, 6.45) is 2.88. The molecular weight excluding hydrogens is 361 g/mol. The second kappa shape index (κ2) is 6.04. The van der Waals surface area contributed by atoms with E-state index in [1.54, 1.807) is 0 Å². The van der Waals surface area contributed by atoms with Crippen LogP contribution in [0.2, 0.25) is 0 Å². The minimum atomic E-state index is -0.667. The SMILES string of the molecule is COc1c(-c2ccc3c(c2)CNC3C)c(F)cn2c(=O)[nH]c(=O)c(C3CC3)c12. The van der Waals surface area contributed by atoms with Crippen LogP contribution in [0.5, 0.6) is 5.75 Å². The second-order valence-electron chi connectivity index (χ2n) is 7.57. The summed E-state index contributed by atoms with van der Waals surface area (Å²) in [4.78, 5) is 27.1. The van der Waals surface area contributed by atoms with Crippen LogP contribution in [0.15, 0.2) is 34.0 Å². The maximum absolute atomic E-state index is 15.2. The van der Waals surface area contributed by atoms with Gasteiger partial charge in [0.1, 0.15) is 5.52 Å². The molecule has 0 saturated heterocycles. The Morgan fingerprint density at radius 3 is 2.75 bits per heavy atom. The fourth-order valence-electron chi connectivity index (χ4n) is 4.25. The molecule has 1 saturated carbocycles. The van der Waals surface area contributed by atoms with Gasteiger partial charge in [-0.2, -0.15) is 0 Å². The average Bonchev–Trinajstić information content (AvgIpc) is 3.44. The third kappa shape index (κ3) is 2.43. The number of halogens is 1. The lowest BCUT2D eigenvalue weighted by molar-refractivity contribution is 0.415. The molecule has 6 nitrogen and oxygen atoms in total. The number of benzene rings is 1. The Hall–Kier alpha value is -2.93. The Balaban J connectivity index is 1.85. The van der Waals surface area contributed by atoms with Gasteiger partial charge in [-0.1, -0.05) is 12.1 Å². The zero-order valence-corrected chi connectivity index (χ0v) is 15.6. The van der Waals surface area contributed by atoms with Crippen molar-refractivity contribution < 1.29 is 9.13 Å². The number of ether oxygens (including phenoxy) is 1. The average molecular weight is 381 g/mol. The van der Waals surface area contributed by atoms with Crippen LogP contribution in [0.3, 0.4) is 0 Å². The fraction of sp³-hybridized carbons (Fsp3) is 0.333. The Morgan fingerprint density at radius 1 is 1.25 bits per heavy atom. The van der Waals surface area contributed by atoms with Gasteiger partial charge in [0.15, 0.2) is 11.6 Å². The number of aromatic amines is 1. The molecule has 2 aromatic heterocycles. The maximum Gasteiger partial charge on any atom is 0.333 e. The summed E-state index contributed by atoms with van der Waals surface area (Å²) in [7, 11) is 1.44. The highest BCUT2D eigenvalue weighted by Crippen LogP contribution is 2.45. The lowest BCUT2D eigenvalue weighted by Crippen LogP contribution is -2.29. The van der Waals surface area contributed by atoms with Crippen molar-refractivity contribution in [1.29, 1.82) is 0 Å². The van der Waals surface area contributed by atoms with E-state index in [-0.39, 0.29) is 23.3 Å². The summed E-state index contributed by atoms with van der Waals surface area (Å²) >= 11 is 0. The van der Waals surface area contributed by atoms with Crippen LogP contribution in [-0.4, -0.2) is 16.5 Å². The molecule has 0 radical (unpaired) electrons. The number of rotatable bonds is 3. The second-order valence-corrected chi connectivity index (χ2v) is 7.57. The zero-order chi connectivity index (χ0) is 19.6. The van der Waals surface area contributed by atoms with Crippen LogP contribution in [0.25, 0.3) is 16.6 Å². The molecule has 2 N–H and O–H groups in total. The molecule has 0 spiro atoms. The standard InChI is InChI=1S/C21H20FN3O3/c1-10-14-6-5-12(7-13(14)8-23-10)16-15(22)9-25-18(19(16)28-2)17(11-3-4-11)20(26)24-21(25)27/h5-7,9-11,23H,3-4,8H2,1-2H3,(H,24,26,27). The van der Waals surface area contributed by atoms with Crippen LogP contribution in [0.4, 0.5) is 4.39 Å². The molecule has 1 aliphatic carbocycles. The molecule has 144 valence electrons. The molecule has 3 aromatic rings. The van der Waals surface area contributed by atoms with Crippen molar-refractivity contribution in [3.05, 3.63) is 67.7 Å². The molecule has 3 heterocycles. The Morgan fingerprint density at radius 2 is 2.04 bits per heavy atom. The number of nitrogens with zero attached hydrogens (tertiary/aromatic N) is 1. The number of fused-ring (bicyclic) bond motifs is 2. The number of pyridine rings is 1. The smallest absolute Gasteiger partial charge is 0.333 e. The van der Waals surface area contributed by atoms with E-state index < -0.39 is 17.1 Å². The van der Waals surface area contributed by atoms with Gasteiger partial charge in [0.25, 0.3) is 5.56 Å². The van der Waals surface area contributed by atoms with E-state index in [1.165, 1.54) is 12.7 Å². The monoisotopic (exact) mass is 381 g/mol. The Bertz CT molecular complexity index is 1240. The summed E-state index contributed by atoms with van der Waals surface area (Å²) in [6, 6.07) is 6.06. The summed E-state index contributed by atoms with van der Waals surface area (Å²) in [6.45, 7) is 2.80. The minimum absolute atomic E-state index is 0.0663. The highest BCUT2D eigenvalue weighted by molar-refractivity contribution is 5.82. The van der Waals surface area contributed by atoms with Crippen molar-refractivity contribution in [2.24, 2.45) is 0 Å². The molecule has 5 rings (SSSR count). The van der Waals surface area contributed by atoms with Crippen LogP contribution in [0, 0.1) is 5.82 Å². The van der Waals surface area contributed by atoms with Crippen molar-refractivity contribution >= 4 is 5.52 Å². The van der Waals surface area contributed by atoms with Crippen LogP contribution in [-0.2, 0) is 6.54 Å². The molecule has 0 amide bonds. The molecule has 2 aliphatic rings. The van der Waals surface area contributed by atoms with Crippen molar-refractivity contribution in [3.8, 4) is 16.9 Å². The van der Waals surface area contributed by atoms with Crippen molar-refractivity contribution in [2.75, 3.05) is 7.11 Å². The highest BCUT2D eigenvalue weighted by atomic mass is 19.1. The summed E-state index contributed by atoms with van der Waals surface area (Å²) in [5, 5.41) is 3.37. The van der Waals surface area contributed by atoms with Gasteiger partial charge in [-0.3, -0.25) is 14.2 Å². The highest BCUT2D eigenvalue weighted by Gasteiger charge is 2.32. The van der Waals surface area contributed by atoms with E-state index in [0.29, 0.717) is 23.2 Å². The van der Waals surface area contributed by atoms with Gasteiger partial charge in [0, 0.05) is 18.2 Å². The van der Waals surface area contributed by atoms with Gasteiger partial charge in [0.2, 0.25) is 0 Å². The minimum Gasteiger partial charge on any atom is -0.494 e. The quantitative estimate of drug-likeness (QED) is 0.732. The van der Waals surface area contributed by atoms with E-state index in [2.05, 4.69) is 17.2 Å². The lowest BCUT2D eigenvalue weighted by Gasteiger charge is -2.17. The molecule has 1 aromatic carbocycles. The first kappa shape index (κ1) is 17.2. The van der Waals surface area contributed by atoms with Gasteiger partial charge >= 0.3 is 5.69 Å². The van der Waals surface area contributed by atoms with Gasteiger partial charge in [-0.15, -0.1) is 0 Å². The first-order chi connectivity index (χ1) is 13.5. The number of hydrogen-bond donors (Lipinski definition) is 2. The number of hydrogen-bond acceptors (Lipinski definition) is 4. The zero-order valence-electron chi connectivity index (χ0n) is 15.6. The molecule has 28 heavy (non-hydrogen) atoms. The molecule has 1 atom stereocenters. The number of nitrogens with one attached hydrogen (secondary N) is 2. The first-order valence-corrected chi connectivity index (χ1v) is 9.41. The predicted molar refractivity (Wildman–Crippen MR) is 103 cm³/mol. The Labute approximate surface area is 160 Å². The number of H-pyrrole nitrogens is 1. The molecule has 1 aliphatic heterocycles. The van der Waals surface area contributed by atoms with E-state index in [1.807, 2.05) is 18.2 Å². The summed E-state index contributed by atoms with van der Waals surface area (Å²) in [5.41, 5.74) is 3.01. The predicted octanol–water partition coefficient (Wildman–Crippen LogP) is 2.84. The van der Waals surface area contributed by atoms with Crippen LogP contribution in [0.1, 0.15) is 48.4 Å². The number of aromatic nitrogens is 2. The molecule has 0 bridgehead atoms. The van der Waals surface area contributed by atoms with Crippen molar-refractivity contribution in [2.45, 2.75) is 38.3 Å². The van der Waals surface area contributed by atoms with E-state index in [9.17, 15) is 9.59 Å². The molecule has 7 heteroatoms. The van der Waals surface area contributed by atoms with Crippen molar-refractivity contribution in [1.82, 2.24) is 14.7 Å². The van der Waals surface area contributed by atoms with E-state index in [0.717, 1.165) is 29.0 Å². The number of methoxy groups -OCH3 is 1. The summed E-state index contributed by atoms with van der Waals surface area (Å²) < 4.78 is 21.9. The van der Waals surface area contributed by atoms with Gasteiger partial charge in [-0.25, -0.2) is 9.18 Å². The maximum atomic E-state index is 15.2. The van der Waals surface area contributed by atoms with Crippen molar-refractivity contribution in [3.63, 3.8) is 0 Å². The molecule has 1 unspecified atom stereocenters. The third-order valence-corrected chi connectivity index (χ3v) is 5.79. The molecule has 1 fully saturated rings. The normalized spacial score (nSPS) is 18.5. The molecular formula is C21H20FN3O3. The third-order valence-electron chi connectivity index (χ3n) is 5.79. The van der Waals surface area contributed by atoms with Crippen LogP contribution < -0.4 is 21.3 Å². The first-order valence-electron chi connectivity index (χ1n) is 9.41. The van der Waals surface area contributed by atoms with Gasteiger partial charge < -0.3 is 10.1 Å².